The van der Waals surface area contributed by atoms with Crippen LogP contribution >= 0.6 is 0 Å². The number of rotatable bonds is 5. The molecule has 2 fully saturated rings. The third kappa shape index (κ3) is 3.01. The molecule has 3 unspecified atom stereocenters. The molecule has 1 saturated heterocycles. The lowest BCUT2D eigenvalue weighted by Crippen LogP contribution is -2.36. The molecule has 104 valence electrons. The van der Waals surface area contributed by atoms with Crippen LogP contribution in [0.2, 0.25) is 0 Å². The van der Waals surface area contributed by atoms with Crippen molar-refractivity contribution in [1.82, 2.24) is 10.2 Å². The summed E-state index contributed by atoms with van der Waals surface area (Å²) in [7, 11) is 0. The van der Waals surface area contributed by atoms with Crippen LogP contribution in [0.25, 0.3) is 0 Å². The van der Waals surface area contributed by atoms with E-state index >= 15 is 0 Å². The second-order valence-corrected chi connectivity index (χ2v) is 6.25. The predicted octanol–water partition coefficient (Wildman–Crippen LogP) is 3.35. The fourth-order valence-electron chi connectivity index (χ4n) is 3.51. The lowest BCUT2D eigenvalue weighted by atomic mass is 10.0. The predicted molar refractivity (Wildman–Crippen MR) is 80.2 cm³/mol. The zero-order chi connectivity index (χ0) is 13.2. The van der Waals surface area contributed by atoms with Gasteiger partial charge in [-0.2, -0.15) is 0 Å². The number of benzene rings is 1. The molecule has 2 nitrogen and oxygen atoms in total. The number of likely N-dealkylation sites (tertiary alicyclic amines) is 1. The smallest absolute Gasteiger partial charge is 0.0320 e. The first-order valence-corrected chi connectivity index (χ1v) is 7.84. The Hall–Kier alpha value is -0.860. The van der Waals surface area contributed by atoms with Gasteiger partial charge < -0.3 is 5.32 Å². The van der Waals surface area contributed by atoms with E-state index < -0.39 is 0 Å². The quantitative estimate of drug-likeness (QED) is 0.871. The molecule has 3 rings (SSSR count). The highest BCUT2D eigenvalue weighted by Crippen LogP contribution is 2.34. The van der Waals surface area contributed by atoms with Gasteiger partial charge >= 0.3 is 0 Å². The maximum absolute atomic E-state index is 3.88. The third-order valence-electron chi connectivity index (χ3n) is 4.69. The van der Waals surface area contributed by atoms with Gasteiger partial charge in [0.05, 0.1) is 0 Å². The summed E-state index contributed by atoms with van der Waals surface area (Å²) in [5, 5.41) is 3.88. The fraction of sp³-hybridized carbons (Fsp3) is 0.647. The molecule has 1 aromatic carbocycles. The van der Waals surface area contributed by atoms with Gasteiger partial charge in [0.15, 0.2) is 0 Å². The van der Waals surface area contributed by atoms with Gasteiger partial charge in [0.25, 0.3) is 0 Å². The van der Waals surface area contributed by atoms with Crippen LogP contribution < -0.4 is 5.32 Å². The van der Waals surface area contributed by atoms with E-state index in [0.717, 1.165) is 12.1 Å². The van der Waals surface area contributed by atoms with E-state index in [1.165, 1.54) is 37.8 Å². The van der Waals surface area contributed by atoms with Crippen LogP contribution in [-0.2, 0) is 0 Å². The number of hydrogen-bond donors (Lipinski definition) is 1. The largest absolute Gasteiger partial charge is 0.306 e. The number of nitrogens with one attached hydrogen (secondary N) is 1. The molecule has 0 radical (unpaired) electrons. The average Bonchev–Trinajstić information content (AvgIpc) is 3.21. The van der Waals surface area contributed by atoms with Crippen molar-refractivity contribution in [1.29, 1.82) is 0 Å². The van der Waals surface area contributed by atoms with E-state index in [1.807, 2.05) is 0 Å². The Morgan fingerprint density at radius 1 is 1.26 bits per heavy atom. The summed E-state index contributed by atoms with van der Waals surface area (Å²) in [4.78, 5) is 2.72. The maximum atomic E-state index is 3.88. The van der Waals surface area contributed by atoms with Gasteiger partial charge in [-0.3, -0.25) is 4.90 Å². The SMILES string of the molecule is CCC(NC1CC(C)N(C2CC2)C1)c1ccccc1. The van der Waals surface area contributed by atoms with Gasteiger partial charge in [0.2, 0.25) is 0 Å². The van der Waals surface area contributed by atoms with E-state index in [4.69, 9.17) is 0 Å². The van der Waals surface area contributed by atoms with Crippen LogP contribution in [0.3, 0.4) is 0 Å². The van der Waals surface area contributed by atoms with E-state index in [1.54, 1.807) is 0 Å². The summed E-state index contributed by atoms with van der Waals surface area (Å²) >= 11 is 0. The van der Waals surface area contributed by atoms with Gasteiger partial charge in [0, 0.05) is 30.7 Å². The van der Waals surface area contributed by atoms with Gasteiger partial charge in [-0.05, 0) is 38.2 Å². The highest BCUT2D eigenvalue weighted by molar-refractivity contribution is 5.19. The molecular weight excluding hydrogens is 232 g/mol. The van der Waals surface area contributed by atoms with Crippen LogP contribution in [-0.4, -0.2) is 29.6 Å². The minimum atomic E-state index is 0.512. The zero-order valence-corrected chi connectivity index (χ0v) is 12.2. The standard InChI is InChI=1S/C17H26N2/c1-3-17(14-7-5-4-6-8-14)18-15-11-13(2)19(12-15)16-9-10-16/h4-8,13,15-18H,3,9-12H2,1-2H3. The molecular formula is C17H26N2. The topological polar surface area (TPSA) is 15.3 Å². The molecule has 2 heteroatoms. The molecule has 1 aromatic rings. The van der Waals surface area contributed by atoms with Gasteiger partial charge in [-0.1, -0.05) is 37.3 Å². The Labute approximate surface area is 117 Å². The van der Waals surface area contributed by atoms with Crippen molar-refractivity contribution >= 4 is 0 Å². The summed E-state index contributed by atoms with van der Waals surface area (Å²) in [5.74, 6) is 0. The number of hydrogen-bond acceptors (Lipinski definition) is 2. The summed E-state index contributed by atoms with van der Waals surface area (Å²) in [5.41, 5.74) is 1.43. The monoisotopic (exact) mass is 258 g/mol. The van der Waals surface area contributed by atoms with Gasteiger partial charge in [-0.25, -0.2) is 0 Å². The lowest BCUT2D eigenvalue weighted by molar-refractivity contribution is 0.253. The van der Waals surface area contributed by atoms with Gasteiger partial charge in [0.1, 0.15) is 0 Å². The molecule has 0 bridgehead atoms. The molecule has 0 spiro atoms. The van der Waals surface area contributed by atoms with E-state index in [0.29, 0.717) is 12.1 Å². The Kier molecular flexibility index (Phi) is 3.90. The molecule has 1 aliphatic heterocycles. The van der Waals surface area contributed by atoms with Crippen LogP contribution in [0.4, 0.5) is 0 Å². The highest BCUT2D eigenvalue weighted by atomic mass is 15.3. The summed E-state index contributed by atoms with van der Waals surface area (Å²) in [6, 6.07) is 13.7. The lowest BCUT2D eigenvalue weighted by Gasteiger charge is -2.23. The molecule has 1 heterocycles. The molecule has 1 saturated carbocycles. The maximum Gasteiger partial charge on any atom is 0.0320 e. The van der Waals surface area contributed by atoms with Crippen molar-refractivity contribution in [2.75, 3.05) is 6.54 Å². The van der Waals surface area contributed by atoms with Crippen LogP contribution in [0.5, 0.6) is 0 Å². The summed E-state index contributed by atoms with van der Waals surface area (Å²) < 4.78 is 0. The summed E-state index contributed by atoms with van der Waals surface area (Å²) in [6.45, 7) is 5.92. The van der Waals surface area contributed by atoms with Crippen molar-refractivity contribution in [3.05, 3.63) is 35.9 Å². The summed E-state index contributed by atoms with van der Waals surface area (Å²) in [6.07, 6.45) is 5.32. The zero-order valence-electron chi connectivity index (χ0n) is 12.2. The normalized spacial score (nSPS) is 29.6. The van der Waals surface area contributed by atoms with Crippen molar-refractivity contribution in [2.45, 2.75) is 63.7 Å². The Bertz CT molecular complexity index is 399. The van der Waals surface area contributed by atoms with Crippen LogP contribution in [0.1, 0.15) is 51.1 Å². The van der Waals surface area contributed by atoms with Crippen LogP contribution in [0.15, 0.2) is 30.3 Å². The first-order valence-electron chi connectivity index (χ1n) is 7.84. The van der Waals surface area contributed by atoms with Crippen molar-refractivity contribution < 1.29 is 0 Å². The third-order valence-corrected chi connectivity index (χ3v) is 4.69. The minimum Gasteiger partial charge on any atom is -0.306 e. The molecule has 3 atom stereocenters. The Balaban J connectivity index is 1.61. The first-order chi connectivity index (χ1) is 9.28. The second-order valence-electron chi connectivity index (χ2n) is 6.25. The van der Waals surface area contributed by atoms with Crippen molar-refractivity contribution in [3.63, 3.8) is 0 Å². The van der Waals surface area contributed by atoms with Gasteiger partial charge in [-0.15, -0.1) is 0 Å². The Morgan fingerprint density at radius 3 is 2.63 bits per heavy atom. The average molecular weight is 258 g/mol. The molecule has 1 N–H and O–H groups in total. The first kappa shape index (κ1) is 13.1. The molecule has 1 aliphatic carbocycles. The van der Waals surface area contributed by atoms with Crippen molar-refractivity contribution in [3.8, 4) is 0 Å². The van der Waals surface area contributed by atoms with Crippen molar-refractivity contribution in [2.24, 2.45) is 0 Å². The van der Waals surface area contributed by atoms with Crippen LogP contribution in [0, 0.1) is 0 Å². The molecule has 0 amide bonds. The Morgan fingerprint density at radius 2 is 2.00 bits per heavy atom. The second kappa shape index (κ2) is 5.64. The van der Waals surface area contributed by atoms with E-state index in [2.05, 4.69) is 54.4 Å². The minimum absolute atomic E-state index is 0.512. The molecule has 19 heavy (non-hydrogen) atoms. The fourth-order valence-corrected chi connectivity index (χ4v) is 3.51. The number of nitrogens with zero attached hydrogens (tertiary/aromatic N) is 1. The highest BCUT2D eigenvalue weighted by Gasteiger charge is 2.39. The van der Waals surface area contributed by atoms with E-state index in [-0.39, 0.29) is 0 Å². The van der Waals surface area contributed by atoms with E-state index in [9.17, 15) is 0 Å². The molecule has 2 aliphatic rings. The molecule has 0 aromatic heterocycles.